The summed E-state index contributed by atoms with van der Waals surface area (Å²) in [5, 5.41) is 11.6. The van der Waals surface area contributed by atoms with Crippen LogP contribution in [0.1, 0.15) is 32.1 Å². The van der Waals surface area contributed by atoms with Gasteiger partial charge in [0.05, 0.1) is 16.4 Å². The summed E-state index contributed by atoms with van der Waals surface area (Å²) in [6.07, 6.45) is 0.446. The zero-order valence-corrected chi connectivity index (χ0v) is 12.9. The standard InChI is InChI=1S/C17H17NO2S/c1-12-6-5-8-15(13(12)2)18-17(20)16-10-9-14(21-16)7-3-4-11-19/h5-6,8-10,19H,4,11H2,1-2H3,(H,18,20). The fourth-order valence-electron chi connectivity index (χ4n) is 1.80. The molecule has 108 valence electrons. The highest BCUT2D eigenvalue weighted by molar-refractivity contribution is 7.14. The van der Waals surface area contributed by atoms with Crippen LogP contribution in [0.5, 0.6) is 0 Å². The van der Waals surface area contributed by atoms with Crippen LogP contribution in [0.15, 0.2) is 30.3 Å². The number of aliphatic hydroxyl groups excluding tert-OH is 1. The summed E-state index contributed by atoms with van der Waals surface area (Å²) in [7, 11) is 0. The van der Waals surface area contributed by atoms with Crippen molar-refractivity contribution in [2.45, 2.75) is 20.3 Å². The Labute approximate surface area is 128 Å². The monoisotopic (exact) mass is 299 g/mol. The van der Waals surface area contributed by atoms with E-state index < -0.39 is 0 Å². The Balaban J connectivity index is 2.11. The number of carbonyl (C=O) groups excluding carboxylic acids is 1. The second-order valence-corrected chi connectivity index (χ2v) is 5.72. The molecule has 2 N–H and O–H groups in total. The van der Waals surface area contributed by atoms with E-state index in [1.165, 1.54) is 11.3 Å². The van der Waals surface area contributed by atoms with E-state index >= 15 is 0 Å². The summed E-state index contributed by atoms with van der Waals surface area (Å²) in [4.78, 5) is 13.7. The Bertz CT molecular complexity index is 707. The lowest BCUT2D eigenvalue weighted by atomic mass is 10.1. The van der Waals surface area contributed by atoms with Crippen LogP contribution in [-0.4, -0.2) is 17.6 Å². The highest BCUT2D eigenvalue weighted by atomic mass is 32.1. The van der Waals surface area contributed by atoms with Crippen LogP contribution in [0.25, 0.3) is 0 Å². The largest absolute Gasteiger partial charge is 0.395 e. The molecular weight excluding hydrogens is 282 g/mol. The molecule has 0 saturated carbocycles. The van der Waals surface area contributed by atoms with Gasteiger partial charge >= 0.3 is 0 Å². The predicted molar refractivity (Wildman–Crippen MR) is 86.8 cm³/mol. The van der Waals surface area contributed by atoms with Crippen molar-refractivity contribution in [3.05, 3.63) is 51.2 Å². The molecule has 21 heavy (non-hydrogen) atoms. The molecule has 0 aliphatic rings. The van der Waals surface area contributed by atoms with Gasteiger partial charge in [-0.1, -0.05) is 24.0 Å². The van der Waals surface area contributed by atoms with Crippen LogP contribution in [0.2, 0.25) is 0 Å². The SMILES string of the molecule is Cc1cccc(NC(=O)c2ccc(C#CCCO)s2)c1C. The second kappa shape index (κ2) is 7.07. The summed E-state index contributed by atoms with van der Waals surface area (Å²) in [6.45, 7) is 4.06. The van der Waals surface area contributed by atoms with Gasteiger partial charge in [0, 0.05) is 12.1 Å². The third kappa shape index (κ3) is 3.94. The van der Waals surface area contributed by atoms with Crippen molar-refractivity contribution in [2.24, 2.45) is 0 Å². The normalized spacial score (nSPS) is 9.86. The molecule has 0 aliphatic heterocycles. The number of anilines is 1. The molecule has 0 radical (unpaired) electrons. The molecule has 1 aromatic heterocycles. The highest BCUT2D eigenvalue weighted by Crippen LogP contribution is 2.21. The van der Waals surface area contributed by atoms with Crippen LogP contribution >= 0.6 is 11.3 Å². The van der Waals surface area contributed by atoms with Crippen molar-refractivity contribution in [3.8, 4) is 11.8 Å². The summed E-state index contributed by atoms with van der Waals surface area (Å²) in [5.41, 5.74) is 3.06. The van der Waals surface area contributed by atoms with Crippen molar-refractivity contribution in [2.75, 3.05) is 11.9 Å². The zero-order chi connectivity index (χ0) is 15.2. The number of aliphatic hydroxyl groups is 1. The van der Waals surface area contributed by atoms with Gasteiger partial charge in [-0.2, -0.15) is 0 Å². The smallest absolute Gasteiger partial charge is 0.265 e. The van der Waals surface area contributed by atoms with Crippen LogP contribution in [-0.2, 0) is 0 Å². The van der Waals surface area contributed by atoms with Gasteiger partial charge < -0.3 is 10.4 Å². The van der Waals surface area contributed by atoms with Crippen molar-refractivity contribution < 1.29 is 9.90 Å². The Hall–Kier alpha value is -2.09. The first kappa shape index (κ1) is 15.3. The molecule has 2 aromatic rings. The number of thiophene rings is 1. The summed E-state index contributed by atoms with van der Waals surface area (Å²) in [5.74, 6) is 5.66. The lowest BCUT2D eigenvalue weighted by Gasteiger charge is -2.09. The predicted octanol–water partition coefficient (Wildman–Crippen LogP) is 3.35. The molecular formula is C17H17NO2S. The Morgan fingerprint density at radius 1 is 1.29 bits per heavy atom. The Kier molecular flexibility index (Phi) is 5.15. The van der Waals surface area contributed by atoms with Crippen LogP contribution in [0, 0.1) is 25.7 Å². The minimum atomic E-state index is -0.121. The third-order valence-electron chi connectivity index (χ3n) is 3.13. The Morgan fingerprint density at radius 3 is 2.86 bits per heavy atom. The maximum Gasteiger partial charge on any atom is 0.265 e. The van der Waals surface area contributed by atoms with Crippen LogP contribution in [0.4, 0.5) is 5.69 Å². The summed E-state index contributed by atoms with van der Waals surface area (Å²) < 4.78 is 0. The number of aryl methyl sites for hydroxylation is 1. The lowest BCUT2D eigenvalue weighted by Crippen LogP contribution is -2.11. The molecule has 0 spiro atoms. The second-order valence-electron chi connectivity index (χ2n) is 4.64. The van der Waals surface area contributed by atoms with Gasteiger partial charge in [0.2, 0.25) is 0 Å². The minimum Gasteiger partial charge on any atom is -0.395 e. The number of nitrogens with one attached hydrogen (secondary N) is 1. The van der Waals surface area contributed by atoms with Crippen molar-refractivity contribution >= 4 is 22.9 Å². The summed E-state index contributed by atoms with van der Waals surface area (Å²) >= 11 is 1.35. The zero-order valence-electron chi connectivity index (χ0n) is 12.1. The fourth-order valence-corrected chi connectivity index (χ4v) is 2.58. The first-order valence-electron chi connectivity index (χ1n) is 6.69. The van der Waals surface area contributed by atoms with Crippen molar-refractivity contribution in [1.82, 2.24) is 0 Å². The van der Waals surface area contributed by atoms with E-state index in [2.05, 4.69) is 17.2 Å². The van der Waals surface area contributed by atoms with Gasteiger partial charge in [-0.05, 0) is 43.2 Å². The number of benzene rings is 1. The number of hydrogen-bond acceptors (Lipinski definition) is 3. The van der Waals surface area contributed by atoms with Crippen LogP contribution < -0.4 is 5.32 Å². The molecule has 1 amide bonds. The first-order valence-corrected chi connectivity index (χ1v) is 7.50. The maximum absolute atomic E-state index is 12.2. The molecule has 2 rings (SSSR count). The molecule has 0 unspecified atom stereocenters. The lowest BCUT2D eigenvalue weighted by molar-refractivity contribution is 0.103. The topological polar surface area (TPSA) is 49.3 Å². The van der Waals surface area contributed by atoms with Gasteiger partial charge in [-0.3, -0.25) is 4.79 Å². The molecule has 0 fully saturated rings. The van der Waals surface area contributed by atoms with Gasteiger partial charge in [0.15, 0.2) is 0 Å². The molecule has 1 aromatic carbocycles. The van der Waals surface area contributed by atoms with E-state index in [1.54, 1.807) is 6.07 Å². The van der Waals surface area contributed by atoms with E-state index in [4.69, 9.17) is 5.11 Å². The highest BCUT2D eigenvalue weighted by Gasteiger charge is 2.10. The van der Waals surface area contributed by atoms with E-state index in [-0.39, 0.29) is 12.5 Å². The number of hydrogen-bond donors (Lipinski definition) is 2. The minimum absolute atomic E-state index is 0.0539. The van der Waals surface area contributed by atoms with Crippen molar-refractivity contribution in [1.29, 1.82) is 0 Å². The van der Waals surface area contributed by atoms with E-state index in [9.17, 15) is 4.79 Å². The number of amides is 1. The molecule has 3 nitrogen and oxygen atoms in total. The molecule has 0 aliphatic carbocycles. The van der Waals surface area contributed by atoms with Gasteiger partial charge in [0.1, 0.15) is 0 Å². The van der Waals surface area contributed by atoms with E-state index in [1.807, 2.05) is 38.1 Å². The van der Waals surface area contributed by atoms with Gasteiger partial charge in [0.25, 0.3) is 5.91 Å². The van der Waals surface area contributed by atoms with Gasteiger partial charge in [-0.15, -0.1) is 11.3 Å². The van der Waals surface area contributed by atoms with Gasteiger partial charge in [-0.25, -0.2) is 0 Å². The molecule has 4 heteroatoms. The third-order valence-corrected chi connectivity index (χ3v) is 4.13. The number of carbonyl (C=O) groups is 1. The molecule has 1 heterocycles. The van der Waals surface area contributed by atoms with Crippen molar-refractivity contribution in [3.63, 3.8) is 0 Å². The molecule has 0 saturated heterocycles. The average Bonchev–Trinajstić information content (AvgIpc) is 2.93. The summed E-state index contributed by atoms with van der Waals surface area (Å²) in [6, 6.07) is 9.44. The van der Waals surface area contributed by atoms with E-state index in [0.29, 0.717) is 11.3 Å². The Morgan fingerprint density at radius 2 is 2.10 bits per heavy atom. The molecule has 0 atom stereocenters. The fraction of sp³-hybridized carbons (Fsp3) is 0.235. The van der Waals surface area contributed by atoms with E-state index in [0.717, 1.165) is 21.7 Å². The maximum atomic E-state index is 12.2. The quantitative estimate of drug-likeness (QED) is 0.854. The first-order chi connectivity index (χ1) is 10.1. The average molecular weight is 299 g/mol. The van der Waals surface area contributed by atoms with Crippen LogP contribution in [0.3, 0.4) is 0 Å². The number of rotatable bonds is 3. The molecule has 0 bridgehead atoms.